The Hall–Kier alpha value is -2.25. The molecule has 17 atom stereocenters. The van der Waals surface area contributed by atoms with E-state index >= 15 is 0 Å². The van der Waals surface area contributed by atoms with Crippen LogP contribution in [0.2, 0.25) is 0 Å². The highest BCUT2D eigenvalue weighted by atomic mass is 16.8. The molecule has 1 amide bonds. The van der Waals surface area contributed by atoms with Crippen LogP contribution < -0.4 is 5.32 Å². The minimum absolute atomic E-state index is 0.233. The Bertz CT molecular complexity index is 2220. The van der Waals surface area contributed by atoms with Gasteiger partial charge in [0.05, 0.1) is 38.6 Å². The third kappa shape index (κ3) is 51.9. The Kier molecular flexibility index (Phi) is 68.4. The van der Waals surface area contributed by atoms with Gasteiger partial charge < -0.3 is 89.9 Å². The molecule has 3 aliphatic heterocycles. The van der Waals surface area contributed by atoms with E-state index in [1.807, 2.05) is 0 Å². The molecule has 3 rings (SSSR count). The van der Waals surface area contributed by atoms with Crippen LogP contribution in [0.3, 0.4) is 0 Å². The van der Waals surface area contributed by atoms with Gasteiger partial charge in [-0.1, -0.05) is 403 Å². The van der Waals surface area contributed by atoms with Crippen LogP contribution in [-0.4, -0.2) is 193 Å². The number of hydrogen-bond donors (Lipinski definition) is 12. The standard InChI is InChI=1S/C94H175NO18/c1-3-5-7-9-11-13-15-17-19-21-23-25-27-29-31-33-34-35-36-37-38-39-40-41-42-44-46-48-50-52-54-56-58-60-62-64-66-68-70-72-82(100)95-77(78(99)71-69-67-65-63-61-59-57-55-53-51-49-47-45-43-32-30-28-26-24-22-20-18-16-14-12-10-8-6-4-2)76-108-92-88(106)85(103)90(80(74-97)110-92)113-94-89(107)86(104)91(81(75-98)111-94)112-93-87(105)84(102)83(101)79(73-96)109-93/h5,7,11,13,17,19,23,25,77-81,83-94,96-99,101-107H,3-4,6,8-10,12,14-16,18,20-22,24,26-76H2,1-2H3,(H,95,100)/b7-5-,13-11-,19-17-,25-23-. The molecule has 0 bridgehead atoms. The Labute approximate surface area is 688 Å². The third-order valence-electron chi connectivity index (χ3n) is 23.7. The second kappa shape index (κ2) is 73.7. The first-order chi connectivity index (χ1) is 55.3. The van der Waals surface area contributed by atoms with Crippen molar-refractivity contribution in [3.8, 4) is 0 Å². The van der Waals surface area contributed by atoms with Crippen molar-refractivity contribution in [1.29, 1.82) is 0 Å². The van der Waals surface area contributed by atoms with Crippen molar-refractivity contribution in [3.05, 3.63) is 48.6 Å². The fourth-order valence-electron chi connectivity index (χ4n) is 16.2. The van der Waals surface area contributed by atoms with Crippen molar-refractivity contribution in [2.75, 3.05) is 26.4 Å². The number of carbonyl (C=O) groups excluding carboxylic acids is 1. The summed E-state index contributed by atoms with van der Waals surface area (Å²) in [6.07, 6.45) is 69.5. The Morgan fingerprint density at radius 3 is 0.956 bits per heavy atom. The van der Waals surface area contributed by atoms with Gasteiger partial charge in [0.1, 0.15) is 73.2 Å². The molecule has 19 nitrogen and oxygen atoms in total. The molecule has 113 heavy (non-hydrogen) atoms. The van der Waals surface area contributed by atoms with Gasteiger partial charge in [0, 0.05) is 6.42 Å². The maximum Gasteiger partial charge on any atom is 0.220 e. The lowest BCUT2D eigenvalue weighted by atomic mass is 9.96. The van der Waals surface area contributed by atoms with E-state index < -0.39 is 124 Å². The lowest BCUT2D eigenvalue weighted by Crippen LogP contribution is -2.66. The molecule has 0 radical (unpaired) electrons. The van der Waals surface area contributed by atoms with Crippen LogP contribution in [-0.2, 0) is 33.2 Å². The van der Waals surface area contributed by atoms with Crippen LogP contribution in [0.25, 0.3) is 0 Å². The van der Waals surface area contributed by atoms with Gasteiger partial charge in [0.25, 0.3) is 0 Å². The van der Waals surface area contributed by atoms with Gasteiger partial charge in [-0.2, -0.15) is 0 Å². The van der Waals surface area contributed by atoms with Crippen molar-refractivity contribution in [3.63, 3.8) is 0 Å². The number of unbranched alkanes of at least 4 members (excludes halogenated alkanes) is 54. The highest BCUT2D eigenvalue weighted by Gasteiger charge is 2.54. The molecule has 19 heteroatoms. The number of allylic oxidation sites excluding steroid dienone is 8. The normalized spacial score (nSPS) is 25.0. The minimum Gasteiger partial charge on any atom is -0.394 e. The molecule has 3 heterocycles. The van der Waals surface area contributed by atoms with E-state index in [0.29, 0.717) is 12.8 Å². The monoisotopic (exact) mass is 1610 g/mol. The largest absolute Gasteiger partial charge is 0.394 e. The predicted octanol–water partition coefficient (Wildman–Crippen LogP) is 18.7. The highest BCUT2D eigenvalue weighted by molar-refractivity contribution is 5.76. The molecule has 0 saturated carbocycles. The zero-order chi connectivity index (χ0) is 81.7. The molecule has 17 unspecified atom stereocenters. The fraction of sp³-hybridized carbons (Fsp3) is 0.904. The first-order valence-electron chi connectivity index (χ1n) is 47.4. The van der Waals surface area contributed by atoms with Crippen molar-refractivity contribution in [1.82, 2.24) is 5.32 Å². The quantitative estimate of drug-likeness (QED) is 0.0199. The van der Waals surface area contributed by atoms with Gasteiger partial charge in [-0.25, -0.2) is 0 Å². The summed E-state index contributed by atoms with van der Waals surface area (Å²) in [6, 6.07) is -0.888. The maximum absolute atomic E-state index is 13.6. The predicted molar refractivity (Wildman–Crippen MR) is 457 cm³/mol. The number of amides is 1. The molecule has 3 aliphatic rings. The molecule has 0 aromatic rings. The van der Waals surface area contributed by atoms with Crippen molar-refractivity contribution < 1.29 is 89.4 Å². The first-order valence-corrected chi connectivity index (χ1v) is 47.4. The summed E-state index contributed by atoms with van der Waals surface area (Å²) in [6.45, 7) is 1.76. The summed E-state index contributed by atoms with van der Waals surface area (Å²) in [5.74, 6) is -0.233. The molecule has 12 N–H and O–H groups in total. The second-order valence-corrected chi connectivity index (χ2v) is 33.8. The first kappa shape index (κ1) is 105. The molecule has 0 spiro atoms. The number of carbonyl (C=O) groups is 1. The Morgan fingerprint density at radius 1 is 0.327 bits per heavy atom. The molecule has 0 aliphatic carbocycles. The van der Waals surface area contributed by atoms with E-state index in [1.54, 1.807) is 0 Å². The molecule has 664 valence electrons. The second-order valence-electron chi connectivity index (χ2n) is 33.8. The average molecular weight is 1610 g/mol. The number of nitrogens with one attached hydrogen (secondary N) is 1. The van der Waals surface area contributed by atoms with Crippen LogP contribution in [0.1, 0.15) is 412 Å². The van der Waals surface area contributed by atoms with Crippen molar-refractivity contribution in [2.45, 2.75) is 516 Å². The van der Waals surface area contributed by atoms with Gasteiger partial charge in [-0.05, 0) is 51.4 Å². The zero-order valence-corrected chi connectivity index (χ0v) is 71.9. The summed E-state index contributed by atoms with van der Waals surface area (Å²) in [7, 11) is 0. The zero-order valence-electron chi connectivity index (χ0n) is 71.9. The van der Waals surface area contributed by atoms with Crippen molar-refractivity contribution >= 4 is 5.91 Å². The smallest absolute Gasteiger partial charge is 0.220 e. The highest BCUT2D eigenvalue weighted by Crippen LogP contribution is 2.34. The number of hydrogen-bond acceptors (Lipinski definition) is 18. The van der Waals surface area contributed by atoms with Gasteiger partial charge in [-0.3, -0.25) is 4.79 Å². The third-order valence-corrected chi connectivity index (χ3v) is 23.7. The van der Waals surface area contributed by atoms with Gasteiger partial charge in [-0.15, -0.1) is 0 Å². The summed E-state index contributed by atoms with van der Waals surface area (Å²) in [5.41, 5.74) is 0. The van der Waals surface area contributed by atoms with Crippen LogP contribution in [0.5, 0.6) is 0 Å². The fourth-order valence-corrected chi connectivity index (χ4v) is 16.2. The SMILES string of the molecule is CC/C=C\C/C=C\C/C=C\C/C=C\CCCCCCCCCCCCCCCCCCCCCCCCCCCCC(=O)NC(COC1OC(CO)C(OC2OC(CO)C(OC3OC(CO)C(O)C(O)C3O)C(O)C2O)C(O)C1O)C(O)CCCCCCCCCCCCCCCCCCCCCCCCCCCCCCC. The van der Waals surface area contributed by atoms with Crippen LogP contribution in [0.15, 0.2) is 48.6 Å². The number of rotatable bonds is 78. The van der Waals surface area contributed by atoms with Gasteiger partial charge in [0.15, 0.2) is 18.9 Å². The van der Waals surface area contributed by atoms with E-state index in [-0.39, 0.29) is 18.9 Å². The summed E-state index contributed by atoms with van der Waals surface area (Å²) < 4.78 is 34.6. The number of aliphatic hydroxyl groups is 11. The number of ether oxygens (including phenoxy) is 6. The molecule has 3 saturated heterocycles. The van der Waals surface area contributed by atoms with Gasteiger partial charge >= 0.3 is 0 Å². The maximum atomic E-state index is 13.6. The van der Waals surface area contributed by atoms with Gasteiger partial charge in [0.2, 0.25) is 5.91 Å². The number of aliphatic hydroxyl groups excluding tert-OH is 11. The average Bonchev–Trinajstić information content (AvgIpc) is 0.780. The Morgan fingerprint density at radius 2 is 0.611 bits per heavy atom. The van der Waals surface area contributed by atoms with E-state index in [0.717, 1.165) is 70.6 Å². The van der Waals surface area contributed by atoms with E-state index in [1.165, 1.54) is 308 Å². The molecule has 0 aromatic carbocycles. The summed E-state index contributed by atoms with van der Waals surface area (Å²) >= 11 is 0. The molecule has 3 fully saturated rings. The summed E-state index contributed by atoms with van der Waals surface area (Å²) in [5, 5.41) is 121. The lowest BCUT2D eigenvalue weighted by Gasteiger charge is -2.48. The van der Waals surface area contributed by atoms with E-state index in [4.69, 9.17) is 28.4 Å². The van der Waals surface area contributed by atoms with E-state index in [9.17, 15) is 61.0 Å². The van der Waals surface area contributed by atoms with Crippen LogP contribution in [0.4, 0.5) is 0 Å². The minimum atomic E-state index is -1.97. The van der Waals surface area contributed by atoms with Crippen LogP contribution >= 0.6 is 0 Å². The van der Waals surface area contributed by atoms with Crippen molar-refractivity contribution in [2.24, 2.45) is 0 Å². The lowest BCUT2D eigenvalue weighted by molar-refractivity contribution is -0.379. The Balaban J connectivity index is 1.29. The summed E-state index contributed by atoms with van der Waals surface area (Å²) in [4.78, 5) is 13.6. The topological polar surface area (TPSA) is 307 Å². The molecular formula is C94H175NO18. The molecular weight excluding hydrogens is 1430 g/mol. The van der Waals surface area contributed by atoms with Crippen LogP contribution in [0, 0.1) is 0 Å². The van der Waals surface area contributed by atoms with E-state index in [2.05, 4.69) is 67.8 Å². The molecule has 0 aromatic heterocycles.